The molecule has 0 spiro atoms. The van der Waals surface area contributed by atoms with Gasteiger partial charge in [-0.05, 0) is 85.2 Å². The maximum Gasteiger partial charge on any atom is -0.0162 e. The first-order chi connectivity index (χ1) is 18.7. The third-order valence-electron chi connectivity index (χ3n) is 11.5. The highest BCUT2D eigenvalue weighted by Gasteiger charge is 2.27. The van der Waals surface area contributed by atoms with E-state index < -0.39 is 0 Å². The van der Waals surface area contributed by atoms with Gasteiger partial charge in [0.2, 0.25) is 0 Å². The summed E-state index contributed by atoms with van der Waals surface area (Å²) in [5, 5.41) is 0. The van der Waals surface area contributed by atoms with Crippen LogP contribution in [0, 0.1) is 29.6 Å². The van der Waals surface area contributed by atoms with Crippen molar-refractivity contribution in [2.24, 2.45) is 29.6 Å². The number of benzene rings is 1. The van der Waals surface area contributed by atoms with Crippen LogP contribution in [0.2, 0.25) is 0 Å². The third kappa shape index (κ3) is 10.0. The Morgan fingerprint density at radius 2 is 1.11 bits per heavy atom. The minimum Gasteiger partial charge on any atom is -0.0654 e. The van der Waals surface area contributed by atoms with E-state index in [4.69, 9.17) is 0 Å². The largest absolute Gasteiger partial charge is 0.0654 e. The van der Waals surface area contributed by atoms with Crippen molar-refractivity contribution >= 4 is 0 Å². The van der Waals surface area contributed by atoms with Crippen LogP contribution in [-0.2, 0) is 6.42 Å². The van der Waals surface area contributed by atoms with Crippen molar-refractivity contribution in [1.82, 2.24) is 0 Å². The number of hydrogen-bond acceptors (Lipinski definition) is 0. The maximum atomic E-state index is 2.54. The molecule has 1 unspecified atom stereocenters. The van der Waals surface area contributed by atoms with Gasteiger partial charge in [0, 0.05) is 0 Å². The first-order valence-corrected chi connectivity index (χ1v) is 17.8. The Kier molecular flexibility index (Phi) is 13.6. The summed E-state index contributed by atoms with van der Waals surface area (Å²) < 4.78 is 0. The van der Waals surface area contributed by atoms with Gasteiger partial charge in [0.15, 0.2) is 0 Å². The van der Waals surface area contributed by atoms with Gasteiger partial charge in [-0.25, -0.2) is 0 Å². The summed E-state index contributed by atoms with van der Waals surface area (Å²) in [5.74, 6) is 5.87. The standard InChI is InChI=1S/C38H64/c1-3-5-8-12-31-16-18-33(19-17-31)22-29-38(35-14-10-7-11-15-35)30-34-23-27-37(28-24-34)36-25-20-32(21-26-36)13-9-6-4-2/h23-24,27-28,31-33,35-36,38H,3-22,25-26,29-30H2,1-2H3. The molecule has 0 N–H and O–H groups in total. The molecule has 0 radical (unpaired) electrons. The highest BCUT2D eigenvalue weighted by Crippen LogP contribution is 2.40. The van der Waals surface area contributed by atoms with Crippen molar-refractivity contribution in [3.8, 4) is 0 Å². The molecule has 0 heteroatoms. The molecular weight excluding hydrogens is 456 g/mol. The van der Waals surface area contributed by atoms with Gasteiger partial charge in [0.1, 0.15) is 0 Å². The summed E-state index contributed by atoms with van der Waals surface area (Å²) >= 11 is 0. The van der Waals surface area contributed by atoms with Crippen LogP contribution in [0.5, 0.6) is 0 Å². The van der Waals surface area contributed by atoms with E-state index in [1.165, 1.54) is 154 Å². The summed E-state index contributed by atoms with van der Waals surface area (Å²) in [6.45, 7) is 4.67. The summed E-state index contributed by atoms with van der Waals surface area (Å²) in [7, 11) is 0. The van der Waals surface area contributed by atoms with Crippen LogP contribution in [0.1, 0.15) is 179 Å². The van der Waals surface area contributed by atoms with Crippen LogP contribution in [0.3, 0.4) is 0 Å². The number of rotatable bonds is 15. The average molecular weight is 521 g/mol. The fourth-order valence-electron chi connectivity index (χ4n) is 8.75. The van der Waals surface area contributed by atoms with Gasteiger partial charge in [-0.1, -0.05) is 154 Å². The lowest BCUT2D eigenvalue weighted by atomic mass is 9.72. The summed E-state index contributed by atoms with van der Waals surface area (Å²) in [6, 6.07) is 10.2. The molecule has 0 aromatic heterocycles. The van der Waals surface area contributed by atoms with Crippen LogP contribution < -0.4 is 0 Å². The minimum absolute atomic E-state index is 0.831. The highest BCUT2D eigenvalue weighted by atomic mass is 14.3. The summed E-state index contributed by atoms with van der Waals surface area (Å²) in [6.07, 6.45) is 35.4. The van der Waals surface area contributed by atoms with E-state index in [2.05, 4.69) is 38.1 Å². The van der Waals surface area contributed by atoms with E-state index in [0.29, 0.717) is 0 Å². The lowest BCUT2D eigenvalue weighted by Crippen LogP contribution is -2.22. The van der Waals surface area contributed by atoms with Gasteiger partial charge in [0.25, 0.3) is 0 Å². The predicted molar refractivity (Wildman–Crippen MR) is 168 cm³/mol. The molecule has 1 aromatic rings. The molecule has 0 nitrogen and oxygen atoms in total. The third-order valence-corrected chi connectivity index (χ3v) is 11.5. The van der Waals surface area contributed by atoms with E-state index in [-0.39, 0.29) is 0 Å². The first-order valence-electron chi connectivity index (χ1n) is 17.8. The van der Waals surface area contributed by atoms with Crippen LogP contribution in [-0.4, -0.2) is 0 Å². The quantitative estimate of drug-likeness (QED) is 0.202. The molecule has 3 fully saturated rings. The fourth-order valence-corrected chi connectivity index (χ4v) is 8.75. The van der Waals surface area contributed by atoms with Crippen LogP contribution in [0.25, 0.3) is 0 Å². The van der Waals surface area contributed by atoms with Crippen molar-refractivity contribution in [2.45, 2.75) is 174 Å². The molecule has 216 valence electrons. The molecule has 38 heavy (non-hydrogen) atoms. The van der Waals surface area contributed by atoms with E-state index in [0.717, 1.165) is 35.5 Å². The number of unbranched alkanes of at least 4 members (excludes halogenated alkanes) is 4. The molecule has 0 bridgehead atoms. The highest BCUT2D eigenvalue weighted by molar-refractivity contribution is 5.26. The zero-order chi connectivity index (χ0) is 26.4. The second kappa shape index (κ2) is 17.1. The van der Waals surface area contributed by atoms with E-state index in [1.807, 2.05) is 0 Å². The summed E-state index contributed by atoms with van der Waals surface area (Å²) in [4.78, 5) is 0. The molecule has 0 heterocycles. The number of hydrogen-bond donors (Lipinski definition) is 0. The normalized spacial score (nSPS) is 27.8. The van der Waals surface area contributed by atoms with Gasteiger partial charge >= 0.3 is 0 Å². The van der Waals surface area contributed by atoms with Crippen LogP contribution >= 0.6 is 0 Å². The Labute approximate surface area is 238 Å². The Bertz CT molecular complexity index is 709. The SMILES string of the molecule is CCCCCC1CCC(CCC(Cc2ccc(C3CCC(CCCCC)CC3)cc2)C2CCCCC2)CC1. The molecule has 0 saturated heterocycles. The predicted octanol–water partition coefficient (Wildman–Crippen LogP) is 12.4. The molecule has 1 atom stereocenters. The smallest absolute Gasteiger partial charge is 0.0162 e. The topological polar surface area (TPSA) is 0 Å². The molecule has 0 aliphatic heterocycles. The van der Waals surface area contributed by atoms with E-state index in [1.54, 1.807) is 11.1 Å². The summed E-state index contributed by atoms with van der Waals surface area (Å²) in [5.41, 5.74) is 3.28. The van der Waals surface area contributed by atoms with Crippen molar-refractivity contribution in [3.05, 3.63) is 35.4 Å². The van der Waals surface area contributed by atoms with E-state index in [9.17, 15) is 0 Å². The zero-order valence-electron chi connectivity index (χ0n) is 25.7. The van der Waals surface area contributed by atoms with Gasteiger partial charge < -0.3 is 0 Å². The maximum absolute atomic E-state index is 2.54. The molecule has 1 aromatic carbocycles. The van der Waals surface area contributed by atoms with Gasteiger partial charge in [-0.3, -0.25) is 0 Å². The Morgan fingerprint density at radius 1 is 0.579 bits per heavy atom. The van der Waals surface area contributed by atoms with Crippen molar-refractivity contribution in [2.75, 3.05) is 0 Å². The molecule has 3 aliphatic carbocycles. The fraction of sp³-hybridized carbons (Fsp3) is 0.842. The lowest BCUT2D eigenvalue weighted by molar-refractivity contribution is 0.196. The van der Waals surface area contributed by atoms with Crippen molar-refractivity contribution in [3.63, 3.8) is 0 Å². The molecule has 0 amide bonds. The monoisotopic (exact) mass is 521 g/mol. The average Bonchev–Trinajstić information content (AvgIpc) is 2.97. The molecular formula is C38H64. The van der Waals surface area contributed by atoms with Crippen LogP contribution in [0.15, 0.2) is 24.3 Å². The zero-order valence-corrected chi connectivity index (χ0v) is 25.7. The van der Waals surface area contributed by atoms with Gasteiger partial charge in [0.05, 0.1) is 0 Å². The molecule has 3 saturated carbocycles. The molecule has 4 rings (SSSR count). The van der Waals surface area contributed by atoms with Gasteiger partial charge in [-0.2, -0.15) is 0 Å². The van der Waals surface area contributed by atoms with E-state index >= 15 is 0 Å². The first kappa shape index (κ1) is 30.2. The Morgan fingerprint density at radius 3 is 1.66 bits per heavy atom. The second-order valence-corrected chi connectivity index (χ2v) is 14.3. The van der Waals surface area contributed by atoms with Gasteiger partial charge in [-0.15, -0.1) is 0 Å². The second-order valence-electron chi connectivity index (χ2n) is 14.3. The van der Waals surface area contributed by atoms with Crippen LogP contribution in [0.4, 0.5) is 0 Å². The molecule has 3 aliphatic rings. The Hall–Kier alpha value is -0.780. The van der Waals surface area contributed by atoms with Crippen molar-refractivity contribution in [1.29, 1.82) is 0 Å². The Balaban J connectivity index is 1.24. The lowest BCUT2D eigenvalue weighted by Gasteiger charge is -2.33. The minimum atomic E-state index is 0.831. The van der Waals surface area contributed by atoms with Crippen molar-refractivity contribution < 1.29 is 0 Å².